The van der Waals surface area contributed by atoms with E-state index >= 15 is 0 Å². The first-order valence-corrected chi connectivity index (χ1v) is 5.98. The fourth-order valence-corrected chi connectivity index (χ4v) is 2.70. The van der Waals surface area contributed by atoms with Crippen LogP contribution in [0.3, 0.4) is 0 Å². The van der Waals surface area contributed by atoms with Gasteiger partial charge in [0.2, 0.25) is 0 Å². The zero-order valence-corrected chi connectivity index (χ0v) is 9.34. The number of aromatic nitrogens is 2. The lowest BCUT2D eigenvalue weighted by molar-refractivity contribution is 0.0649. The van der Waals surface area contributed by atoms with Crippen molar-refractivity contribution in [2.45, 2.75) is 51.2 Å². The van der Waals surface area contributed by atoms with Crippen molar-refractivity contribution in [2.75, 3.05) is 0 Å². The van der Waals surface area contributed by atoms with E-state index in [0.717, 1.165) is 19.3 Å². The van der Waals surface area contributed by atoms with Gasteiger partial charge >= 0.3 is 0 Å². The molecule has 1 N–H and O–H groups in total. The van der Waals surface area contributed by atoms with Gasteiger partial charge in [-0.1, -0.05) is 13.3 Å². The van der Waals surface area contributed by atoms with Gasteiger partial charge in [0, 0.05) is 12.4 Å². The Morgan fingerprint density at radius 3 is 3.00 bits per heavy atom. The van der Waals surface area contributed by atoms with Crippen molar-refractivity contribution in [3.63, 3.8) is 0 Å². The van der Waals surface area contributed by atoms with Crippen LogP contribution in [-0.2, 0) is 0 Å². The summed E-state index contributed by atoms with van der Waals surface area (Å²) >= 11 is 0. The minimum atomic E-state index is -0.132. The smallest absolute Gasteiger partial charge is 0.0571 e. The highest BCUT2D eigenvalue weighted by atomic mass is 16.3. The average molecular weight is 208 g/mol. The molecule has 0 spiro atoms. The molecule has 0 saturated heterocycles. The first-order chi connectivity index (χ1) is 7.31. The van der Waals surface area contributed by atoms with E-state index in [2.05, 4.69) is 12.0 Å². The van der Waals surface area contributed by atoms with E-state index in [0.29, 0.717) is 12.0 Å². The maximum Gasteiger partial charge on any atom is 0.0571 e. The van der Waals surface area contributed by atoms with Crippen LogP contribution in [0.4, 0.5) is 0 Å². The van der Waals surface area contributed by atoms with E-state index in [1.54, 1.807) is 0 Å². The van der Waals surface area contributed by atoms with Gasteiger partial charge in [0.1, 0.15) is 0 Å². The van der Waals surface area contributed by atoms with Gasteiger partial charge in [-0.05, 0) is 37.7 Å². The fourth-order valence-electron chi connectivity index (χ4n) is 2.70. The quantitative estimate of drug-likeness (QED) is 0.828. The van der Waals surface area contributed by atoms with Gasteiger partial charge < -0.3 is 5.11 Å². The monoisotopic (exact) mass is 208 g/mol. The third-order valence-corrected chi connectivity index (χ3v) is 3.45. The third-order valence-electron chi connectivity index (χ3n) is 3.45. The minimum Gasteiger partial charge on any atom is -0.393 e. The summed E-state index contributed by atoms with van der Waals surface area (Å²) in [6.07, 6.45) is 9.15. The normalized spacial score (nSPS) is 31.7. The van der Waals surface area contributed by atoms with Crippen LogP contribution in [0.1, 0.15) is 45.1 Å². The molecule has 0 aliphatic heterocycles. The number of aliphatic hydroxyl groups excluding tert-OH is 1. The third kappa shape index (κ3) is 2.40. The van der Waals surface area contributed by atoms with Crippen molar-refractivity contribution in [3.05, 3.63) is 18.5 Å². The summed E-state index contributed by atoms with van der Waals surface area (Å²) in [5.41, 5.74) is 0. The molecular weight excluding hydrogens is 188 g/mol. The molecule has 1 heterocycles. The Labute approximate surface area is 91.1 Å². The second kappa shape index (κ2) is 4.79. The first-order valence-electron chi connectivity index (χ1n) is 5.98. The van der Waals surface area contributed by atoms with E-state index < -0.39 is 0 Å². The van der Waals surface area contributed by atoms with Gasteiger partial charge in [0.25, 0.3) is 0 Å². The van der Waals surface area contributed by atoms with Crippen LogP contribution in [-0.4, -0.2) is 21.0 Å². The highest BCUT2D eigenvalue weighted by molar-refractivity contribution is 4.88. The van der Waals surface area contributed by atoms with E-state index in [9.17, 15) is 5.11 Å². The fraction of sp³-hybridized carbons (Fsp3) is 0.750. The van der Waals surface area contributed by atoms with E-state index in [1.165, 1.54) is 12.8 Å². The Kier molecular flexibility index (Phi) is 3.41. The molecule has 0 aromatic carbocycles. The predicted molar refractivity (Wildman–Crippen MR) is 59.5 cm³/mol. The molecule has 3 nitrogen and oxygen atoms in total. The minimum absolute atomic E-state index is 0.132. The lowest BCUT2D eigenvalue weighted by atomic mass is 9.80. The number of hydrogen-bond donors (Lipinski definition) is 1. The molecule has 1 aliphatic carbocycles. The molecule has 0 amide bonds. The molecule has 84 valence electrons. The number of aliphatic hydroxyl groups is 1. The van der Waals surface area contributed by atoms with Crippen LogP contribution in [0, 0.1) is 5.92 Å². The molecular formula is C12H20N2O. The van der Waals surface area contributed by atoms with Gasteiger partial charge in [-0.25, -0.2) is 0 Å². The molecule has 15 heavy (non-hydrogen) atoms. The van der Waals surface area contributed by atoms with Crippen LogP contribution in [0.25, 0.3) is 0 Å². The van der Waals surface area contributed by atoms with Gasteiger partial charge in [0.05, 0.1) is 12.1 Å². The Morgan fingerprint density at radius 1 is 1.47 bits per heavy atom. The van der Waals surface area contributed by atoms with Crippen molar-refractivity contribution in [2.24, 2.45) is 5.92 Å². The molecule has 1 aromatic rings. The van der Waals surface area contributed by atoms with Crippen LogP contribution in [0.15, 0.2) is 18.5 Å². The Bertz CT molecular complexity index is 284. The molecule has 1 aliphatic rings. The summed E-state index contributed by atoms with van der Waals surface area (Å²) in [4.78, 5) is 0. The Balaban J connectivity index is 2.09. The molecule has 0 radical (unpaired) electrons. The summed E-state index contributed by atoms with van der Waals surface area (Å²) in [6.45, 7) is 2.23. The summed E-state index contributed by atoms with van der Waals surface area (Å²) in [5.74, 6) is 0.693. The van der Waals surface area contributed by atoms with Gasteiger partial charge in [-0.15, -0.1) is 0 Å². The number of rotatable bonds is 3. The molecule has 3 unspecified atom stereocenters. The molecule has 1 aromatic heterocycles. The second-order valence-corrected chi connectivity index (χ2v) is 4.57. The lowest BCUT2D eigenvalue weighted by Crippen LogP contribution is -2.30. The van der Waals surface area contributed by atoms with Crippen LogP contribution in [0.5, 0.6) is 0 Å². The molecule has 3 atom stereocenters. The largest absolute Gasteiger partial charge is 0.393 e. The van der Waals surface area contributed by atoms with Gasteiger partial charge in [-0.2, -0.15) is 5.10 Å². The van der Waals surface area contributed by atoms with Crippen molar-refractivity contribution in [1.82, 2.24) is 9.78 Å². The standard InChI is InChI=1S/C12H20N2O/c1-2-4-10-5-6-11(15)9-12(10)14-8-3-7-13-14/h3,7-8,10-12,15H,2,4-6,9H2,1H3. The highest BCUT2D eigenvalue weighted by Crippen LogP contribution is 2.36. The number of nitrogens with zero attached hydrogens (tertiary/aromatic N) is 2. The maximum absolute atomic E-state index is 9.72. The van der Waals surface area contributed by atoms with E-state index in [4.69, 9.17) is 0 Å². The van der Waals surface area contributed by atoms with Crippen LogP contribution in [0.2, 0.25) is 0 Å². The molecule has 1 saturated carbocycles. The van der Waals surface area contributed by atoms with Crippen molar-refractivity contribution >= 4 is 0 Å². The average Bonchev–Trinajstić information content (AvgIpc) is 2.74. The van der Waals surface area contributed by atoms with Crippen molar-refractivity contribution in [3.8, 4) is 0 Å². The molecule has 1 fully saturated rings. The molecule has 3 heteroatoms. The lowest BCUT2D eigenvalue weighted by Gasteiger charge is -2.34. The van der Waals surface area contributed by atoms with Crippen LogP contribution >= 0.6 is 0 Å². The zero-order valence-electron chi connectivity index (χ0n) is 9.34. The van der Waals surface area contributed by atoms with Crippen LogP contribution < -0.4 is 0 Å². The van der Waals surface area contributed by atoms with Crippen molar-refractivity contribution in [1.29, 1.82) is 0 Å². The zero-order chi connectivity index (χ0) is 10.7. The SMILES string of the molecule is CCCC1CCC(O)CC1n1cccn1. The highest BCUT2D eigenvalue weighted by Gasteiger charge is 2.30. The summed E-state index contributed by atoms with van der Waals surface area (Å²) < 4.78 is 2.03. The summed E-state index contributed by atoms with van der Waals surface area (Å²) in [6, 6.07) is 2.37. The summed E-state index contributed by atoms with van der Waals surface area (Å²) in [5, 5.41) is 14.0. The number of hydrogen-bond acceptors (Lipinski definition) is 2. The Hall–Kier alpha value is -0.830. The van der Waals surface area contributed by atoms with E-state index in [-0.39, 0.29) is 6.10 Å². The van der Waals surface area contributed by atoms with Gasteiger partial charge in [0.15, 0.2) is 0 Å². The summed E-state index contributed by atoms with van der Waals surface area (Å²) in [7, 11) is 0. The molecule has 0 bridgehead atoms. The first kappa shape index (κ1) is 10.7. The van der Waals surface area contributed by atoms with Crippen molar-refractivity contribution < 1.29 is 5.11 Å². The predicted octanol–water partition coefficient (Wildman–Crippen LogP) is 2.39. The second-order valence-electron chi connectivity index (χ2n) is 4.57. The maximum atomic E-state index is 9.72. The molecule has 2 rings (SSSR count). The Morgan fingerprint density at radius 2 is 2.33 bits per heavy atom. The topological polar surface area (TPSA) is 38.0 Å². The van der Waals surface area contributed by atoms with E-state index in [1.807, 2.05) is 23.1 Å². The van der Waals surface area contributed by atoms with Gasteiger partial charge in [-0.3, -0.25) is 4.68 Å².